The van der Waals surface area contributed by atoms with Crippen molar-refractivity contribution >= 4 is 43.3 Å². The van der Waals surface area contributed by atoms with Crippen molar-refractivity contribution in [2.24, 2.45) is 0 Å². The Balaban J connectivity index is 1.56. The number of nitrogens with one attached hydrogen (secondary N) is 1. The van der Waals surface area contributed by atoms with E-state index in [1.165, 1.54) is 0 Å². The number of ether oxygens (including phenoxy) is 1. The molecule has 0 aromatic heterocycles. The molecule has 4 rings (SSSR count). The van der Waals surface area contributed by atoms with E-state index in [1.54, 1.807) is 6.92 Å². The fourth-order valence-corrected chi connectivity index (χ4v) is 6.01. The molecule has 3 aromatic carbocycles. The topological polar surface area (TPSA) is 89.5 Å². The van der Waals surface area contributed by atoms with E-state index >= 15 is 0 Å². The molecule has 0 saturated carbocycles. The minimum absolute atomic E-state index is 0.0472. The Morgan fingerprint density at radius 1 is 1.03 bits per heavy atom. The van der Waals surface area contributed by atoms with Gasteiger partial charge in [0.2, 0.25) is 0 Å². The minimum Gasteiger partial charge on any atom is -0.452 e. The van der Waals surface area contributed by atoms with E-state index in [0.29, 0.717) is 12.0 Å². The van der Waals surface area contributed by atoms with E-state index in [9.17, 15) is 18.0 Å². The normalized spacial score (nSPS) is 20.6. The van der Waals surface area contributed by atoms with Gasteiger partial charge >= 0.3 is 5.97 Å². The fourth-order valence-electron chi connectivity index (χ4n) is 3.92. The van der Waals surface area contributed by atoms with Crippen molar-refractivity contribution < 1.29 is 22.7 Å². The molecule has 1 aliphatic heterocycles. The lowest BCUT2D eigenvalue weighted by Crippen LogP contribution is -2.48. The first-order valence-electron chi connectivity index (χ1n) is 9.35. The number of amides is 1. The molecule has 1 fully saturated rings. The van der Waals surface area contributed by atoms with Crippen LogP contribution >= 0.6 is 0 Å². The van der Waals surface area contributed by atoms with Crippen molar-refractivity contribution in [3.63, 3.8) is 0 Å². The quantitative estimate of drug-likeness (QED) is 0.527. The number of carbonyl (C=O) groups is 2. The monoisotopic (exact) mass is 411 g/mol. The first-order valence-corrected chi connectivity index (χ1v) is 11.2. The number of rotatable bonds is 4. The summed E-state index contributed by atoms with van der Waals surface area (Å²) in [6.45, 7) is 1.22. The van der Waals surface area contributed by atoms with Gasteiger partial charge in [-0.2, -0.15) is 0 Å². The van der Waals surface area contributed by atoms with E-state index in [4.69, 9.17) is 4.74 Å². The summed E-state index contributed by atoms with van der Waals surface area (Å²) >= 11 is 0. The Morgan fingerprint density at radius 3 is 2.17 bits per heavy atom. The molecule has 1 N–H and O–H groups in total. The van der Waals surface area contributed by atoms with E-state index in [-0.39, 0.29) is 11.5 Å². The molecule has 1 atom stereocenters. The number of sulfone groups is 1. The fraction of sp³-hybridized carbons (Fsp3) is 0.273. The van der Waals surface area contributed by atoms with Crippen LogP contribution in [0.5, 0.6) is 0 Å². The lowest BCUT2D eigenvalue weighted by Gasteiger charge is -2.23. The van der Waals surface area contributed by atoms with Crippen LogP contribution in [0.1, 0.15) is 23.7 Å². The van der Waals surface area contributed by atoms with Crippen LogP contribution < -0.4 is 5.32 Å². The summed E-state index contributed by atoms with van der Waals surface area (Å²) in [6.07, 6.45) is 0.350. The van der Waals surface area contributed by atoms with Crippen molar-refractivity contribution in [3.05, 3.63) is 60.2 Å². The van der Waals surface area contributed by atoms with Crippen molar-refractivity contribution in [1.82, 2.24) is 5.32 Å². The second kappa shape index (κ2) is 7.15. The second-order valence-corrected chi connectivity index (χ2v) is 9.90. The Kier molecular flexibility index (Phi) is 4.78. The molecular formula is C22H21NO5S. The Bertz CT molecular complexity index is 1180. The van der Waals surface area contributed by atoms with Crippen molar-refractivity contribution in [2.45, 2.75) is 18.9 Å². The van der Waals surface area contributed by atoms with Crippen LogP contribution in [0.2, 0.25) is 0 Å². The lowest BCUT2D eigenvalue weighted by atomic mass is 9.97. The molecule has 3 aromatic rings. The number of hydrogen-bond acceptors (Lipinski definition) is 5. The van der Waals surface area contributed by atoms with Crippen molar-refractivity contribution in [3.8, 4) is 0 Å². The summed E-state index contributed by atoms with van der Waals surface area (Å²) in [5.41, 5.74) is -0.407. The number of benzene rings is 3. The van der Waals surface area contributed by atoms with Crippen LogP contribution in [-0.4, -0.2) is 43.9 Å². The van der Waals surface area contributed by atoms with Crippen LogP contribution in [0.25, 0.3) is 21.5 Å². The smallest absolute Gasteiger partial charge is 0.339 e. The van der Waals surface area contributed by atoms with Gasteiger partial charge in [-0.3, -0.25) is 4.79 Å². The lowest BCUT2D eigenvalue weighted by molar-refractivity contribution is -0.125. The summed E-state index contributed by atoms with van der Waals surface area (Å²) < 4.78 is 28.7. The molecule has 0 aliphatic carbocycles. The third kappa shape index (κ3) is 3.96. The van der Waals surface area contributed by atoms with Gasteiger partial charge in [-0.15, -0.1) is 0 Å². The average Bonchev–Trinajstić information content (AvgIpc) is 2.96. The van der Waals surface area contributed by atoms with E-state index in [2.05, 4.69) is 5.32 Å². The molecule has 150 valence electrons. The number of hydrogen-bond donors (Lipinski definition) is 1. The SMILES string of the molecule is C[C@]1(NC(=O)COC(=O)c2c3ccccc3cc3ccccc23)CCS(=O)(=O)C1. The third-order valence-electron chi connectivity index (χ3n) is 5.25. The summed E-state index contributed by atoms with van der Waals surface area (Å²) in [6, 6.07) is 17.1. The maximum Gasteiger partial charge on any atom is 0.339 e. The molecule has 29 heavy (non-hydrogen) atoms. The first-order chi connectivity index (χ1) is 13.8. The first kappa shape index (κ1) is 19.4. The van der Waals surface area contributed by atoms with Gasteiger partial charge in [-0.1, -0.05) is 48.5 Å². The maximum atomic E-state index is 12.9. The highest BCUT2D eigenvalue weighted by atomic mass is 32.2. The number of esters is 1. The predicted octanol–water partition coefficient (Wildman–Crippen LogP) is 2.84. The van der Waals surface area contributed by atoms with Gasteiger partial charge in [0.1, 0.15) is 0 Å². The molecule has 1 saturated heterocycles. The predicted molar refractivity (Wildman–Crippen MR) is 112 cm³/mol. The minimum atomic E-state index is -3.14. The highest BCUT2D eigenvalue weighted by Gasteiger charge is 2.39. The molecule has 1 aliphatic rings. The largest absolute Gasteiger partial charge is 0.452 e. The summed E-state index contributed by atoms with van der Waals surface area (Å²) in [5, 5.41) is 6.02. The molecule has 0 unspecified atom stereocenters. The third-order valence-corrected chi connectivity index (χ3v) is 7.16. The van der Waals surface area contributed by atoms with Crippen LogP contribution in [-0.2, 0) is 19.4 Å². The zero-order valence-electron chi connectivity index (χ0n) is 16.0. The maximum absolute atomic E-state index is 12.9. The molecule has 1 heterocycles. The van der Waals surface area contributed by atoms with E-state index < -0.39 is 33.9 Å². The summed E-state index contributed by atoms with van der Waals surface area (Å²) in [4.78, 5) is 25.2. The zero-order valence-corrected chi connectivity index (χ0v) is 16.8. The number of fused-ring (bicyclic) bond motifs is 2. The van der Waals surface area contributed by atoms with Gasteiger partial charge in [0, 0.05) is 0 Å². The van der Waals surface area contributed by atoms with Gasteiger partial charge in [0.05, 0.1) is 22.6 Å². The molecule has 6 nitrogen and oxygen atoms in total. The van der Waals surface area contributed by atoms with Crippen LogP contribution in [0.4, 0.5) is 0 Å². The summed E-state index contributed by atoms with van der Waals surface area (Å²) in [7, 11) is -3.14. The standard InChI is InChI=1S/C22H21NO5S/c1-22(10-11-29(26,27)14-22)23-19(24)13-28-21(25)20-17-8-4-2-6-15(17)12-16-7-3-5-9-18(16)20/h2-9,12H,10-11,13-14H2,1H3,(H,23,24)/t22-/m0/s1. The average molecular weight is 411 g/mol. The van der Waals surface area contributed by atoms with Crippen LogP contribution in [0.15, 0.2) is 54.6 Å². The van der Waals surface area contributed by atoms with Gasteiger partial charge in [0.15, 0.2) is 16.4 Å². The van der Waals surface area contributed by atoms with Gasteiger partial charge in [0.25, 0.3) is 5.91 Å². The highest BCUT2D eigenvalue weighted by Crippen LogP contribution is 2.29. The molecule has 0 bridgehead atoms. The van der Waals surface area contributed by atoms with Crippen molar-refractivity contribution in [2.75, 3.05) is 18.1 Å². The Morgan fingerprint density at radius 2 is 1.62 bits per heavy atom. The van der Waals surface area contributed by atoms with E-state index in [0.717, 1.165) is 21.5 Å². The van der Waals surface area contributed by atoms with Crippen LogP contribution in [0.3, 0.4) is 0 Å². The van der Waals surface area contributed by atoms with Crippen LogP contribution in [0, 0.1) is 0 Å². The van der Waals surface area contributed by atoms with Gasteiger partial charge in [-0.25, -0.2) is 13.2 Å². The number of carbonyl (C=O) groups excluding carboxylic acids is 2. The van der Waals surface area contributed by atoms with E-state index in [1.807, 2.05) is 54.6 Å². The zero-order chi connectivity index (χ0) is 20.6. The molecular weight excluding hydrogens is 390 g/mol. The second-order valence-electron chi connectivity index (χ2n) is 7.72. The summed E-state index contributed by atoms with van der Waals surface area (Å²) in [5.74, 6) is -1.15. The Labute approximate surface area is 168 Å². The molecule has 0 radical (unpaired) electrons. The van der Waals surface area contributed by atoms with Gasteiger partial charge in [-0.05, 0) is 41.0 Å². The molecule has 0 spiro atoms. The van der Waals surface area contributed by atoms with Gasteiger partial charge < -0.3 is 10.1 Å². The Hall–Kier alpha value is -2.93. The van der Waals surface area contributed by atoms with Crippen molar-refractivity contribution in [1.29, 1.82) is 0 Å². The highest BCUT2D eigenvalue weighted by molar-refractivity contribution is 7.91. The molecule has 1 amide bonds. The molecule has 7 heteroatoms.